The van der Waals surface area contributed by atoms with Crippen molar-refractivity contribution in [3.05, 3.63) is 76.1 Å². The van der Waals surface area contributed by atoms with E-state index in [1.54, 1.807) is 42.5 Å². The number of benzene rings is 2. The zero-order valence-corrected chi connectivity index (χ0v) is 18.0. The van der Waals surface area contributed by atoms with Gasteiger partial charge in [0.15, 0.2) is 6.61 Å². The highest BCUT2D eigenvalue weighted by Crippen LogP contribution is 2.28. The summed E-state index contributed by atoms with van der Waals surface area (Å²) in [5.74, 6) is -1.33. The number of rotatable bonds is 7. The Hall–Kier alpha value is -2.69. The third kappa shape index (κ3) is 5.66. The molecule has 2 aromatic carbocycles. The Morgan fingerprint density at radius 2 is 1.66 bits per heavy atom. The molecule has 1 aromatic heterocycles. The Morgan fingerprint density at radius 1 is 0.966 bits per heavy atom. The third-order valence-corrected chi connectivity index (χ3v) is 7.08. The molecule has 0 radical (unpaired) electrons. The Morgan fingerprint density at radius 3 is 2.34 bits per heavy atom. The number of anilines is 2. The fourth-order valence-electron chi connectivity index (χ4n) is 2.31. The van der Waals surface area contributed by atoms with Gasteiger partial charge in [0, 0.05) is 5.69 Å². The minimum Gasteiger partial charge on any atom is -0.452 e. The summed E-state index contributed by atoms with van der Waals surface area (Å²) in [4.78, 5) is 24.4. The van der Waals surface area contributed by atoms with E-state index in [9.17, 15) is 18.0 Å². The van der Waals surface area contributed by atoms with Gasteiger partial charge in [0.2, 0.25) is 0 Å². The highest BCUT2D eigenvalue weighted by atomic mass is 79.9. The number of amides is 1. The first-order chi connectivity index (χ1) is 13.8. The summed E-state index contributed by atoms with van der Waals surface area (Å²) in [5.41, 5.74) is 0.633. The van der Waals surface area contributed by atoms with Gasteiger partial charge in [-0.25, -0.2) is 13.2 Å². The van der Waals surface area contributed by atoms with Crippen LogP contribution in [0.4, 0.5) is 11.4 Å². The van der Waals surface area contributed by atoms with Crippen molar-refractivity contribution in [2.24, 2.45) is 0 Å². The summed E-state index contributed by atoms with van der Waals surface area (Å²) in [6.45, 7) is -0.507. The summed E-state index contributed by atoms with van der Waals surface area (Å²) in [5, 5.41) is 2.59. The molecule has 1 heterocycles. The Labute approximate surface area is 179 Å². The number of ether oxygens (including phenoxy) is 1. The highest BCUT2D eigenvalue weighted by molar-refractivity contribution is 9.11. The van der Waals surface area contributed by atoms with Crippen LogP contribution in [0, 0.1) is 0 Å². The lowest BCUT2D eigenvalue weighted by molar-refractivity contribution is -0.119. The molecule has 0 fully saturated rings. The van der Waals surface area contributed by atoms with Gasteiger partial charge >= 0.3 is 5.97 Å². The van der Waals surface area contributed by atoms with Gasteiger partial charge in [0.25, 0.3) is 15.9 Å². The van der Waals surface area contributed by atoms with Crippen LogP contribution in [0.1, 0.15) is 10.4 Å². The van der Waals surface area contributed by atoms with Crippen LogP contribution in [-0.2, 0) is 19.6 Å². The van der Waals surface area contributed by atoms with Crippen LogP contribution in [0.5, 0.6) is 0 Å². The molecule has 7 nitrogen and oxygen atoms in total. The number of nitrogens with one attached hydrogen (secondary N) is 2. The molecule has 0 aliphatic rings. The van der Waals surface area contributed by atoms with E-state index < -0.39 is 28.5 Å². The molecule has 0 unspecified atom stereocenters. The lowest BCUT2D eigenvalue weighted by Gasteiger charge is -2.11. The summed E-state index contributed by atoms with van der Waals surface area (Å²) in [6.07, 6.45) is 0. The van der Waals surface area contributed by atoms with Crippen molar-refractivity contribution in [2.45, 2.75) is 4.21 Å². The van der Waals surface area contributed by atoms with Crippen molar-refractivity contribution in [2.75, 3.05) is 16.6 Å². The maximum Gasteiger partial charge on any atom is 0.340 e. The molecule has 1 amide bonds. The van der Waals surface area contributed by atoms with E-state index in [-0.39, 0.29) is 15.5 Å². The number of carbonyl (C=O) groups excluding carboxylic acids is 2. The number of halogens is 1. The second-order valence-corrected chi connectivity index (χ2v) is 10.1. The monoisotopic (exact) mass is 494 g/mol. The average Bonchev–Trinajstić information content (AvgIpc) is 3.14. The van der Waals surface area contributed by atoms with E-state index in [1.165, 1.54) is 18.2 Å². The molecule has 0 bridgehead atoms. The van der Waals surface area contributed by atoms with Gasteiger partial charge in [-0.2, -0.15) is 0 Å². The predicted molar refractivity (Wildman–Crippen MR) is 115 cm³/mol. The van der Waals surface area contributed by atoms with E-state index in [0.29, 0.717) is 9.47 Å². The molecule has 150 valence electrons. The van der Waals surface area contributed by atoms with E-state index >= 15 is 0 Å². The number of carbonyl (C=O) groups is 2. The molecule has 2 N–H and O–H groups in total. The van der Waals surface area contributed by atoms with E-state index in [0.717, 1.165) is 11.3 Å². The van der Waals surface area contributed by atoms with Gasteiger partial charge in [-0.05, 0) is 52.3 Å². The minimum absolute atomic E-state index is 0.000733. The van der Waals surface area contributed by atoms with Gasteiger partial charge in [0.1, 0.15) is 4.21 Å². The minimum atomic E-state index is -3.87. The average molecular weight is 495 g/mol. The van der Waals surface area contributed by atoms with Crippen LogP contribution in [0.3, 0.4) is 0 Å². The van der Waals surface area contributed by atoms with E-state index in [1.807, 2.05) is 6.07 Å². The topological polar surface area (TPSA) is 102 Å². The molecule has 10 heteroatoms. The van der Waals surface area contributed by atoms with Crippen LogP contribution in [0.25, 0.3) is 0 Å². The first-order valence-electron chi connectivity index (χ1n) is 8.24. The summed E-state index contributed by atoms with van der Waals surface area (Å²) >= 11 is 4.26. The number of hydrogen-bond donors (Lipinski definition) is 2. The summed E-state index contributed by atoms with van der Waals surface area (Å²) in [7, 11) is -3.87. The fourth-order valence-corrected chi connectivity index (χ4v) is 5.40. The van der Waals surface area contributed by atoms with Crippen molar-refractivity contribution in [3.63, 3.8) is 0 Å². The van der Waals surface area contributed by atoms with E-state index in [4.69, 9.17) is 4.74 Å². The van der Waals surface area contributed by atoms with Gasteiger partial charge < -0.3 is 10.1 Å². The summed E-state index contributed by atoms with van der Waals surface area (Å²) < 4.78 is 33.2. The highest BCUT2D eigenvalue weighted by Gasteiger charge is 2.21. The van der Waals surface area contributed by atoms with Crippen LogP contribution >= 0.6 is 27.3 Å². The van der Waals surface area contributed by atoms with E-state index in [2.05, 4.69) is 26.0 Å². The first kappa shape index (κ1) is 21.0. The molecule has 3 aromatic rings. The van der Waals surface area contributed by atoms with Crippen molar-refractivity contribution in [1.29, 1.82) is 0 Å². The zero-order chi connectivity index (χ0) is 20.9. The normalized spacial score (nSPS) is 10.9. The zero-order valence-electron chi connectivity index (χ0n) is 14.8. The number of hydrogen-bond acceptors (Lipinski definition) is 6. The standard InChI is InChI=1S/C19H15BrN2O5S2/c20-16-10-11-18(28-16)29(25,26)22-15-9-5-4-8-14(15)19(24)27-12-17(23)21-13-6-2-1-3-7-13/h1-11,22H,12H2,(H,21,23). The van der Waals surface area contributed by atoms with Crippen LogP contribution < -0.4 is 10.0 Å². The lowest BCUT2D eigenvalue weighted by Crippen LogP contribution is -2.22. The Kier molecular flexibility index (Phi) is 6.68. The summed E-state index contributed by atoms with van der Waals surface area (Å²) in [6, 6.07) is 17.8. The molecule has 0 saturated carbocycles. The maximum absolute atomic E-state index is 12.5. The molecule has 3 rings (SSSR count). The quantitative estimate of drug-likeness (QED) is 0.481. The molecular formula is C19H15BrN2O5S2. The molecule has 0 spiro atoms. The maximum atomic E-state index is 12.5. The second-order valence-electron chi connectivity index (χ2n) is 5.70. The molecule has 0 aliphatic heterocycles. The molecule has 0 saturated heterocycles. The molecule has 0 aliphatic carbocycles. The predicted octanol–water partition coefficient (Wildman–Crippen LogP) is 4.11. The van der Waals surface area contributed by atoms with Crippen molar-refractivity contribution in [1.82, 2.24) is 0 Å². The Balaban J connectivity index is 1.68. The van der Waals surface area contributed by atoms with Gasteiger partial charge in [-0.3, -0.25) is 9.52 Å². The van der Waals surface area contributed by atoms with Crippen molar-refractivity contribution >= 4 is 60.5 Å². The van der Waals surface area contributed by atoms with Crippen molar-refractivity contribution in [3.8, 4) is 0 Å². The van der Waals surface area contributed by atoms with Crippen LogP contribution in [0.15, 0.2) is 74.7 Å². The SMILES string of the molecule is O=C(COC(=O)c1ccccc1NS(=O)(=O)c1ccc(Br)s1)Nc1ccccc1. The van der Waals surface area contributed by atoms with Crippen molar-refractivity contribution < 1.29 is 22.7 Å². The molecular weight excluding hydrogens is 480 g/mol. The largest absolute Gasteiger partial charge is 0.452 e. The number of para-hydroxylation sites is 2. The van der Waals surface area contributed by atoms with Gasteiger partial charge in [0.05, 0.1) is 15.0 Å². The van der Waals surface area contributed by atoms with Crippen LogP contribution in [0.2, 0.25) is 0 Å². The molecule has 0 atom stereocenters. The number of thiophene rings is 1. The number of esters is 1. The lowest BCUT2D eigenvalue weighted by atomic mass is 10.2. The molecule has 29 heavy (non-hydrogen) atoms. The third-order valence-electron chi connectivity index (χ3n) is 3.60. The van der Waals surface area contributed by atoms with Gasteiger partial charge in [-0.15, -0.1) is 11.3 Å². The fraction of sp³-hybridized carbons (Fsp3) is 0.0526. The first-order valence-corrected chi connectivity index (χ1v) is 11.3. The Bertz CT molecular complexity index is 1130. The second kappa shape index (κ2) is 9.21. The van der Waals surface area contributed by atoms with Crippen LogP contribution in [-0.4, -0.2) is 26.9 Å². The van der Waals surface area contributed by atoms with Gasteiger partial charge in [-0.1, -0.05) is 30.3 Å². The number of sulfonamides is 1. The smallest absolute Gasteiger partial charge is 0.340 e.